The molecule has 2 unspecified atom stereocenters. The normalized spacial score (nSPS) is 22.5. The van der Waals surface area contributed by atoms with Crippen LogP contribution in [-0.2, 0) is 9.53 Å². The number of hydrogen-bond acceptors (Lipinski definition) is 2. The Hall–Kier alpha value is -1.83. The Labute approximate surface area is 121 Å². The van der Waals surface area contributed by atoms with Gasteiger partial charge in [0.1, 0.15) is 0 Å². The molecule has 0 bridgehead atoms. The third kappa shape index (κ3) is 3.19. The van der Waals surface area contributed by atoms with Gasteiger partial charge in [-0.05, 0) is 29.7 Å². The smallest absolute Gasteiger partial charge is 0.305 e. The first-order valence-corrected chi connectivity index (χ1v) is 7.14. The molecule has 2 nitrogen and oxygen atoms in total. The van der Waals surface area contributed by atoms with Crippen LogP contribution < -0.4 is 0 Å². The zero-order valence-electron chi connectivity index (χ0n) is 12.2. The van der Waals surface area contributed by atoms with Crippen LogP contribution in [0.4, 0.5) is 0 Å². The van der Waals surface area contributed by atoms with E-state index in [9.17, 15) is 4.79 Å². The average Bonchev–Trinajstić information content (AvgIpc) is 2.53. The van der Waals surface area contributed by atoms with Crippen molar-refractivity contribution in [1.29, 1.82) is 0 Å². The average molecular weight is 270 g/mol. The fraction of sp³-hybridized carbons (Fsp3) is 0.389. The lowest BCUT2D eigenvalue weighted by Gasteiger charge is -2.37. The van der Waals surface area contributed by atoms with E-state index in [0.29, 0.717) is 12.3 Å². The fourth-order valence-corrected chi connectivity index (χ4v) is 2.91. The lowest BCUT2D eigenvalue weighted by molar-refractivity contribution is -0.141. The summed E-state index contributed by atoms with van der Waals surface area (Å²) < 4.78 is 4.79. The van der Waals surface area contributed by atoms with Crippen molar-refractivity contribution in [2.45, 2.75) is 32.1 Å². The molecule has 106 valence electrons. The summed E-state index contributed by atoms with van der Waals surface area (Å²) >= 11 is 0. The summed E-state index contributed by atoms with van der Waals surface area (Å²) in [4.78, 5) is 11.5. The molecule has 0 heterocycles. The summed E-state index contributed by atoms with van der Waals surface area (Å²) in [5, 5.41) is 0. The molecule has 0 spiro atoms. The van der Waals surface area contributed by atoms with Crippen LogP contribution >= 0.6 is 0 Å². The van der Waals surface area contributed by atoms with Crippen LogP contribution in [0.5, 0.6) is 0 Å². The van der Waals surface area contributed by atoms with E-state index in [-0.39, 0.29) is 11.4 Å². The van der Waals surface area contributed by atoms with E-state index < -0.39 is 0 Å². The van der Waals surface area contributed by atoms with E-state index in [1.165, 1.54) is 12.7 Å². The molecule has 0 amide bonds. The summed E-state index contributed by atoms with van der Waals surface area (Å²) in [7, 11) is 1.45. The van der Waals surface area contributed by atoms with Gasteiger partial charge >= 0.3 is 5.97 Å². The van der Waals surface area contributed by atoms with Crippen LogP contribution in [-0.4, -0.2) is 13.1 Å². The molecule has 2 heteroatoms. The molecule has 0 aliphatic heterocycles. The number of rotatable bonds is 5. The van der Waals surface area contributed by atoms with Crippen LogP contribution in [0.25, 0.3) is 0 Å². The highest BCUT2D eigenvalue weighted by Crippen LogP contribution is 2.45. The predicted octanol–water partition coefficient (Wildman–Crippen LogP) is 4.25. The first-order valence-electron chi connectivity index (χ1n) is 7.14. The molecule has 0 saturated heterocycles. The van der Waals surface area contributed by atoms with Crippen molar-refractivity contribution >= 4 is 5.97 Å². The number of allylic oxidation sites excluding steroid dienone is 4. The maximum absolute atomic E-state index is 11.5. The maximum atomic E-state index is 11.5. The van der Waals surface area contributed by atoms with Crippen molar-refractivity contribution in [2.75, 3.05) is 7.11 Å². The van der Waals surface area contributed by atoms with Gasteiger partial charge in [-0.2, -0.15) is 0 Å². The molecular weight excluding hydrogens is 248 g/mol. The van der Waals surface area contributed by atoms with Gasteiger partial charge < -0.3 is 4.74 Å². The summed E-state index contributed by atoms with van der Waals surface area (Å²) in [6, 6.07) is 10.5. The van der Waals surface area contributed by atoms with Crippen molar-refractivity contribution in [3.8, 4) is 0 Å². The van der Waals surface area contributed by atoms with Gasteiger partial charge in [-0.25, -0.2) is 0 Å². The van der Waals surface area contributed by atoms with Gasteiger partial charge in [-0.1, -0.05) is 61.6 Å². The fourth-order valence-electron chi connectivity index (χ4n) is 2.91. The van der Waals surface area contributed by atoms with E-state index in [1.807, 2.05) is 6.07 Å². The Kier molecular flexibility index (Phi) is 4.78. The number of carbonyl (C=O) groups is 1. The highest BCUT2D eigenvalue weighted by Gasteiger charge is 2.34. The Morgan fingerprint density at radius 2 is 2.05 bits per heavy atom. The molecule has 0 fully saturated rings. The lowest BCUT2D eigenvalue weighted by atomic mass is 9.66. The Morgan fingerprint density at radius 1 is 1.30 bits per heavy atom. The van der Waals surface area contributed by atoms with E-state index >= 15 is 0 Å². The Morgan fingerprint density at radius 3 is 2.65 bits per heavy atom. The van der Waals surface area contributed by atoms with Crippen molar-refractivity contribution in [1.82, 2.24) is 0 Å². The minimum Gasteiger partial charge on any atom is -0.469 e. The van der Waals surface area contributed by atoms with Gasteiger partial charge in [-0.3, -0.25) is 4.79 Å². The molecule has 0 radical (unpaired) electrons. The van der Waals surface area contributed by atoms with Gasteiger partial charge in [0.15, 0.2) is 0 Å². The quantitative estimate of drug-likeness (QED) is 0.748. The summed E-state index contributed by atoms with van der Waals surface area (Å²) in [5.41, 5.74) is 1.32. The molecule has 1 aromatic rings. The van der Waals surface area contributed by atoms with E-state index in [2.05, 4.69) is 55.5 Å². The Bertz CT molecular complexity index is 501. The number of methoxy groups -OCH3 is 1. The molecule has 1 aromatic carbocycles. The van der Waals surface area contributed by atoms with Crippen LogP contribution in [0, 0.1) is 5.41 Å². The Balaban J connectivity index is 2.21. The second-order valence-electron chi connectivity index (χ2n) is 5.43. The molecule has 0 N–H and O–H groups in total. The third-order valence-electron chi connectivity index (χ3n) is 4.36. The van der Waals surface area contributed by atoms with Gasteiger partial charge in [-0.15, -0.1) is 0 Å². The zero-order chi connectivity index (χ0) is 14.4. The number of benzene rings is 1. The van der Waals surface area contributed by atoms with Gasteiger partial charge in [0.25, 0.3) is 0 Å². The SMILES string of the molecule is COC(=O)CCC1(C(C)c2ccccc2)C=CC=CC1. The lowest BCUT2D eigenvalue weighted by Crippen LogP contribution is -2.27. The highest BCUT2D eigenvalue weighted by molar-refractivity contribution is 5.69. The second kappa shape index (κ2) is 6.56. The van der Waals surface area contributed by atoms with E-state index in [0.717, 1.165) is 12.8 Å². The first-order chi connectivity index (χ1) is 9.68. The number of esters is 1. The summed E-state index contributed by atoms with van der Waals surface area (Å²) in [6.45, 7) is 2.25. The van der Waals surface area contributed by atoms with Crippen LogP contribution in [0.1, 0.15) is 37.7 Å². The second-order valence-corrected chi connectivity index (χ2v) is 5.43. The molecular formula is C18H22O2. The predicted molar refractivity (Wildman–Crippen MR) is 81.4 cm³/mol. The zero-order valence-corrected chi connectivity index (χ0v) is 12.2. The third-order valence-corrected chi connectivity index (χ3v) is 4.36. The van der Waals surface area contributed by atoms with Gasteiger partial charge in [0.2, 0.25) is 0 Å². The molecule has 20 heavy (non-hydrogen) atoms. The van der Waals surface area contributed by atoms with Gasteiger partial charge in [0, 0.05) is 6.42 Å². The number of ether oxygens (including phenoxy) is 1. The van der Waals surface area contributed by atoms with Gasteiger partial charge in [0.05, 0.1) is 7.11 Å². The first kappa shape index (κ1) is 14.6. The minimum absolute atomic E-state index is 0.00426. The van der Waals surface area contributed by atoms with E-state index in [1.54, 1.807) is 0 Å². The molecule has 2 atom stereocenters. The summed E-state index contributed by atoms with van der Waals surface area (Å²) in [5.74, 6) is 0.238. The van der Waals surface area contributed by atoms with Crippen LogP contribution in [0.15, 0.2) is 54.6 Å². The van der Waals surface area contributed by atoms with Crippen molar-refractivity contribution in [2.24, 2.45) is 5.41 Å². The maximum Gasteiger partial charge on any atom is 0.305 e. The molecule has 1 aliphatic carbocycles. The topological polar surface area (TPSA) is 26.3 Å². The molecule has 0 aromatic heterocycles. The number of hydrogen-bond donors (Lipinski definition) is 0. The van der Waals surface area contributed by atoms with Crippen LogP contribution in [0.3, 0.4) is 0 Å². The molecule has 1 aliphatic rings. The van der Waals surface area contributed by atoms with Crippen molar-refractivity contribution in [3.63, 3.8) is 0 Å². The monoisotopic (exact) mass is 270 g/mol. The molecule has 2 rings (SSSR count). The van der Waals surface area contributed by atoms with Crippen molar-refractivity contribution in [3.05, 3.63) is 60.2 Å². The largest absolute Gasteiger partial charge is 0.469 e. The number of carbonyl (C=O) groups excluding carboxylic acids is 1. The molecule has 0 saturated carbocycles. The minimum atomic E-state index is -0.132. The van der Waals surface area contributed by atoms with E-state index in [4.69, 9.17) is 4.74 Å². The van der Waals surface area contributed by atoms with Crippen LogP contribution in [0.2, 0.25) is 0 Å². The standard InChI is InChI=1S/C18H22O2/c1-15(16-9-5-3-6-10-16)18(12-7-4-8-13-18)14-11-17(19)20-2/h3-10,12,15H,11,13-14H2,1-2H3. The van der Waals surface area contributed by atoms with Crippen molar-refractivity contribution < 1.29 is 9.53 Å². The summed E-state index contributed by atoms with van der Waals surface area (Å²) in [6.07, 6.45) is 10.9. The highest BCUT2D eigenvalue weighted by atomic mass is 16.5.